The van der Waals surface area contributed by atoms with Gasteiger partial charge in [0.1, 0.15) is 10.7 Å². The van der Waals surface area contributed by atoms with Crippen molar-refractivity contribution in [3.63, 3.8) is 0 Å². The molecule has 1 fully saturated rings. The van der Waals surface area contributed by atoms with Crippen LogP contribution in [-0.4, -0.2) is 49.1 Å². The van der Waals surface area contributed by atoms with Crippen LogP contribution in [0.3, 0.4) is 0 Å². The standard InChI is InChI=1S/C22H21NO5S/c1-13(29(27)28)14-8-10-23(11-9-14)22(26)15-6-7-18-19(12-15)21(25)17-5-3-2-4-16(17)20(18)24/h2-7,12-14,29H,8-11H2,1H3. The number of nitrogens with zero attached hydrogens (tertiary/aromatic N) is 1. The fraction of sp³-hybridized carbons (Fsp3) is 0.318. The topological polar surface area (TPSA) is 88.6 Å². The number of fused-ring (bicyclic) bond motifs is 2. The van der Waals surface area contributed by atoms with Crippen molar-refractivity contribution in [3.8, 4) is 0 Å². The Morgan fingerprint density at radius 2 is 1.48 bits per heavy atom. The Labute approximate surface area is 170 Å². The van der Waals surface area contributed by atoms with E-state index in [0.29, 0.717) is 48.2 Å². The second-order valence-corrected chi connectivity index (χ2v) is 9.01. The summed E-state index contributed by atoms with van der Waals surface area (Å²) in [4.78, 5) is 40.2. The van der Waals surface area contributed by atoms with Gasteiger partial charge in [-0.2, -0.15) is 0 Å². The molecule has 0 aromatic heterocycles. The quantitative estimate of drug-likeness (QED) is 0.668. The molecule has 4 rings (SSSR count). The van der Waals surface area contributed by atoms with E-state index < -0.39 is 16.0 Å². The summed E-state index contributed by atoms with van der Waals surface area (Å²) in [6, 6.07) is 11.3. The van der Waals surface area contributed by atoms with Gasteiger partial charge >= 0.3 is 0 Å². The van der Waals surface area contributed by atoms with Crippen molar-refractivity contribution in [2.75, 3.05) is 13.1 Å². The molecule has 0 saturated carbocycles. The van der Waals surface area contributed by atoms with Crippen LogP contribution >= 0.6 is 0 Å². The molecule has 0 radical (unpaired) electrons. The summed E-state index contributed by atoms with van der Waals surface area (Å²) < 4.78 is 22.4. The van der Waals surface area contributed by atoms with Crippen LogP contribution in [0, 0.1) is 5.92 Å². The van der Waals surface area contributed by atoms with Crippen LogP contribution in [0.4, 0.5) is 0 Å². The van der Waals surface area contributed by atoms with E-state index in [-0.39, 0.29) is 29.0 Å². The lowest BCUT2D eigenvalue weighted by Gasteiger charge is -2.33. The van der Waals surface area contributed by atoms with Gasteiger partial charge in [-0.3, -0.25) is 14.4 Å². The molecule has 6 nitrogen and oxygen atoms in total. The minimum atomic E-state index is -2.47. The van der Waals surface area contributed by atoms with E-state index in [1.165, 1.54) is 6.07 Å². The molecule has 1 saturated heterocycles. The van der Waals surface area contributed by atoms with E-state index in [9.17, 15) is 22.8 Å². The Balaban J connectivity index is 1.56. The molecule has 2 aromatic rings. The van der Waals surface area contributed by atoms with E-state index in [1.807, 2.05) is 0 Å². The number of hydrogen-bond acceptors (Lipinski definition) is 5. The van der Waals surface area contributed by atoms with Crippen LogP contribution in [0.15, 0.2) is 42.5 Å². The third kappa shape index (κ3) is 3.40. The highest BCUT2D eigenvalue weighted by molar-refractivity contribution is 7.73. The number of benzene rings is 2. The van der Waals surface area contributed by atoms with Crippen LogP contribution in [0.1, 0.15) is 62.0 Å². The molecule has 150 valence electrons. The number of carbonyl (C=O) groups is 3. The lowest BCUT2D eigenvalue weighted by molar-refractivity contribution is 0.0690. The number of likely N-dealkylation sites (tertiary alicyclic amines) is 1. The molecule has 1 aliphatic heterocycles. The van der Waals surface area contributed by atoms with Crippen molar-refractivity contribution in [2.45, 2.75) is 25.0 Å². The summed E-state index contributed by atoms with van der Waals surface area (Å²) in [7, 11) is -2.47. The zero-order valence-corrected chi connectivity index (χ0v) is 16.9. The van der Waals surface area contributed by atoms with Crippen LogP contribution in [0.2, 0.25) is 0 Å². The Hall–Kier alpha value is -2.80. The Kier molecular flexibility index (Phi) is 5.08. The van der Waals surface area contributed by atoms with Crippen molar-refractivity contribution in [2.24, 2.45) is 5.92 Å². The van der Waals surface area contributed by atoms with Crippen molar-refractivity contribution < 1.29 is 22.8 Å². The first-order valence-corrected chi connectivity index (χ1v) is 10.9. The zero-order valence-electron chi connectivity index (χ0n) is 16.0. The van der Waals surface area contributed by atoms with Gasteiger partial charge in [0.2, 0.25) is 0 Å². The van der Waals surface area contributed by atoms with E-state index >= 15 is 0 Å². The molecule has 1 aliphatic carbocycles. The third-order valence-electron chi connectivity index (χ3n) is 6.01. The predicted octanol–water partition coefficient (Wildman–Crippen LogP) is 2.31. The summed E-state index contributed by atoms with van der Waals surface area (Å²) in [5.74, 6) is -0.615. The molecule has 0 spiro atoms. The van der Waals surface area contributed by atoms with Gasteiger partial charge in [0, 0.05) is 40.9 Å². The first-order chi connectivity index (χ1) is 13.9. The zero-order chi connectivity index (χ0) is 20.7. The SMILES string of the molecule is CC(C1CCN(C(=O)c2ccc3c(c2)C(=O)c2ccccc2C3=O)CC1)[SH](=O)=O. The number of hydrogen-bond donors (Lipinski definition) is 1. The Morgan fingerprint density at radius 3 is 2.07 bits per heavy atom. The van der Waals surface area contributed by atoms with Gasteiger partial charge in [-0.15, -0.1) is 0 Å². The molecule has 1 heterocycles. The maximum atomic E-state index is 12.9. The van der Waals surface area contributed by atoms with Gasteiger partial charge in [-0.1, -0.05) is 24.3 Å². The van der Waals surface area contributed by atoms with E-state index in [2.05, 4.69) is 0 Å². The maximum absolute atomic E-state index is 12.9. The summed E-state index contributed by atoms with van der Waals surface area (Å²) in [5.41, 5.74) is 1.68. The van der Waals surface area contributed by atoms with Crippen LogP contribution in [0.25, 0.3) is 0 Å². The van der Waals surface area contributed by atoms with Gasteiger partial charge in [-0.25, -0.2) is 8.42 Å². The van der Waals surface area contributed by atoms with E-state index in [1.54, 1.807) is 48.2 Å². The van der Waals surface area contributed by atoms with Crippen molar-refractivity contribution in [1.29, 1.82) is 0 Å². The van der Waals surface area contributed by atoms with Gasteiger partial charge in [0.15, 0.2) is 11.6 Å². The lowest BCUT2D eigenvalue weighted by Crippen LogP contribution is -2.41. The van der Waals surface area contributed by atoms with Gasteiger partial charge in [0.05, 0.1) is 5.25 Å². The van der Waals surface area contributed by atoms with Gasteiger partial charge in [-0.05, 0) is 43.9 Å². The second-order valence-electron chi connectivity index (χ2n) is 7.62. The fourth-order valence-electron chi connectivity index (χ4n) is 4.17. The lowest BCUT2D eigenvalue weighted by atomic mass is 9.83. The third-order valence-corrected chi connectivity index (χ3v) is 7.10. The number of amides is 1. The largest absolute Gasteiger partial charge is 0.339 e. The number of carbonyl (C=O) groups excluding carboxylic acids is 3. The maximum Gasteiger partial charge on any atom is 0.253 e. The van der Waals surface area contributed by atoms with E-state index in [0.717, 1.165) is 0 Å². The fourth-order valence-corrected chi connectivity index (χ4v) is 4.81. The molecule has 0 N–H and O–H groups in total. The van der Waals surface area contributed by atoms with Crippen LogP contribution in [0.5, 0.6) is 0 Å². The van der Waals surface area contributed by atoms with Crippen LogP contribution < -0.4 is 0 Å². The van der Waals surface area contributed by atoms with Crippen molar-refractivity contribution in [3.05, 3.63) is 70.3 Å². The minimum absolute atomic E-state index is 0.0550. The summed E-state index contributed by atoms with van der Waals surface area (Å²) >= 11 is 0. The highest BCUT2D eigenvalue weighted by Crippen LogP contribution is 2.29. The first-order valence-electron chi connectivity index (χ1n) is 9.63. The normalized spacial score (nSPS) is 17.8. The molecule has 2 aromatic carbocycles. The molecule has 1 amide bonds. The van der Waals surface area contributed by atoms with Crippen LogP contribution in [-0.2, 0) is 10.7 Å². The monoisotopic (exact) mass is 411 g/mol. The number of piperidine rings is 1. The molecular formula is C22H21NO5S. The van der Waals surface area contributed by atoms with E-state index in [4.69, 9.17) is 0 Å². The number of rotatable bonds is 3. The summed E-state index contributed by atoms with van der Waals surface area (Å²) in [6.45, 7) is 2.66. The molecule has 1 atom stereocenters. The average Bonchev–Trinajstić information content (AvgIpc) is 2.76. The Morgan fingerprint density at radius 1 is 0.931 bits per heavy atom. The molecule has 2 aliphatic rings. The number of ketones is 2. The summed E-state index contributed by atoms with van der Waals surface area (Å²) in [6.07, 6.45) is 1.26. The second kappa shape index (κ2) is 7.55. The first kappa shape index (κ1) is 19.5. The molecule has 29 heavy (non-hydrogen) atoms. The smallest absolute Gasteiger partial charge is 0.253 e. The molecular weight excluding hydrogens is 390 g/mol. The summed E-state index contributed by atoms with van der Waals surface area (Å²) in [5, 5.41) is -0.394. The van der Waals surface area contributed by atoms with Crippen molar-refractivity contribution in [1.82, 2.24) is 4.90 Å². The molecule has 7 heteroatoms. The highest BCUT2D eigenvalue weighted by atomic mass is 32.2. The highest BCUT2D eigenvalue weighted by Gasteiger charge is 2.32. The Bertz CT molecular complexity index is 1090. The van der Waals surface area contributed by atoms with Gasteiger partial charge in [0.25, 0.3) is 5.91 Å². The molecule has 0 bridgehead atoms. The van der Waals surface area contributed by atoms with Gasteiger partial charge < -0.3 is 4.90 Å². The molecule has 1 unspecified atom stereocenters. The minimum Gasteiger partial charge on any atom is -0.339 e. The predicted molar refractivity (Wildman–Crippen MR) is 108 cm³/mol. The van der Waals surface area contributed by atoms with Crippen molar-refractivity contribution >= 4 is 28.2 Å². The number of thiol groups is 1. The average molecular weight is 411 g/mol.